The lowest BCUT2D eigenvalue weighted by Gasteiger charge is -2.13. The van der Waals surface area contributed by atoms with Crippen LogP contribution in [0.2, 0.25) is 0 Å². The second-order valence-corrected chi connectivity index (χ2v) is 16.0. The number of urea groups is 1. The maximum absolute atomic E-state index is 13.1. The summed E-state index contributed by atoms with van der Waals surface area (Å²) < 4.78 is 75.9. The average molecular weight is 905 g/mol. The van der Waals surface area contributed by atoms with Gasteiger partial charge in [0.25, 0.3) is 20.2 Å². The third kappa shape index (κ3) is 9.96. The molecular formula is C33H24N6O17S4. The van der Waals surface area contributed by atoms with E-state index in [1.54, 1.807) is 0 Å². The van der Waals surface area contributed by atoms with E-state index >= 15 is 0 Å². The quantitative estimate of drug-likeness (QED) is 0.0161. The lowest BCUT2D eigenvalue weighted by atomic mass is 10.1. The van der Waals surface area contributed by atoms with E-state index in [4.69, 9.17) is 10.5 Å². The van der Waals surface area contributed by atoms with Crippen LogP contribution in [0.4, 0.5) is 38.9 Å². The Morgan fingerprint density at radius 1 is 0.583 bits per heavy atom. The van der Waals surface area contributed by atoms with Crippen LogP contribution in [-0.4, -0.2) is 62.9 Å². The Labute approximate surface area is 343 Å². The summed E-state index contributed by atoms with van der Waals surface area (Å²) in [5, 5.41) is 87.7. The predicted octanol–water partition coefficient (Wildman–Crippen LogP) is 8.64. The second kappa shape index (κ2) is 18.0. The molecule has 0 radical (unpaired) electrons. The molecule has 0 aliphatic heterocycles. The number of amides is 2. The third-order valence-electron chi connectivity index (χ3n) is 7.92. The van der Waals surface area contributed by atoms with Crippen LogP contribution < -0.4 is 10.6 Å². The van der Waals surface area contributed by atoms with Gasteiger partial charge in [-0.05, 0) is 95.7 Å². The number of phenols is 4. The van der Waals surface area contributed by atoms with E-state index < -0.39 is 64.7 Å². The van der Waals surface area contributed by atoms with Crippen molar-refractivity contribution in [3.63, 3.8) is 0 Å². The van der Waals surface area contributed by atoms with Crippen LogP contribution in [0.25, 0.3) is 21.5 Å². The van der Waals surface area contributed by atoms with Gasteiger partial charge in [-0.3, -0.25) is 9.11 Å². The Bertz CT molecular complexity index is 2950. The van der Waals surface area contributed by atoms with Crippen molar-refractivity contribution in [2.75, 3.05) is 10.6 Å². The molecule has 27 heteroatoms. The topological polar surface area (TPSA) is 358 Å². The van der Waals surface area contributed by atoms with Gasteiger partial charge in [-0.1, -0.05) is 10.1 Å². The zero-order chi connectivity index (χ0) is 43.4. The second-order valence-electron chi connectivity index (χ2n) is 11.7. The lowest BCUT2D eigenvalue weighted by molar-refractivity contribution is -0.432. The summed E-state index contributed by atoms with van der Waals surface area (Å²) in [6.07, 6.45) is 0. The monoisotopic (exact) mass is 904 g/mol. The predicted molar refractivity (Wildman–Crippen MR) is 209 cm³/mol. The summed E-state index contributed by atoms with van der Waals surface area (Å²) >= 11 is 1.01. The fourth-order valence-electron chi connectivity index (χ4n) is 5.30. The molecule has 6 rings (SSSR count). The van der Waals surface area contributed by atoms with Crippen molar-refractivity contribution >= 4 is 106 Å². The van der Waals surface area contributed by atoms with Crippen LogP contribution in [0.15, 0.2) is 125 Å². The van der Waals surface area contributed by atoms with Gasteiger partial charge in [0, 0.05) is 27.0 Å². The molecule has 0 unspecified atom stereocenters. The number of carbonyl (C=O) groups excluding carboxylic acids is 1. The van der Waals surface area contributed by atoms with Crippen molar-refractivity contribution in [3.05, 3.63) is 84.9 Å². The zero-order valence-electron chi connectivity index (χ0n) is 29.3. The highest BCUT2D eigenvalue weighted by Crippen LogP contribution is 2.46. The molecule has 0 spiro atoms. The number of azo groups is 2. The van der Waals surface area contributed by atoms with Gasteiger partial charge in [0.2, 0.25) is 0 Å². The number of benzene rings is 6. The van der Waals surface area contributed by atoms with E-state index in [-0.39, 0.29) is 49.6 Å². The number of carbonyl (C=O) groups is 1. The van der Waals surface area contributed by atoms with Crippen molar-refractivity contribution in [3.8, 4) is 23.0 Å². The number of nitrogens with one attached hydrogen (secondary N) is 2. The van der Waals surface area contributed by atoms with Crippen LogP contribution >= 0.6 is 24.1 Å². The van der Waals surface area contributed by atoms with Gasteiger partial charge < -0.3 is 31.1 Å². The third-order valence-corrected chi connectivity index (χ3v) is 10.8. The fourth-order valence-corrected chi connectivity index (χ4v) is 7.34. The Morgan fingerprint density at radius 3 is 1.70 bits per heavy atom. The molecule has 0 saturated carbocycles. The standard InChI is InChI=1S/C33H24N6O17S4/c40-25-7-3-19(57-55-53-45)13-23(25)36-38-29-27(58-56-54-46)11-15-9-17(1-5-21(15)31(29)42)34-33(44)35-18-2-6-22-16(10-18)12-28(60(50,51)52)30(32(22)43)39-37-24-14-20(59(47,48)49)4-8-26(24)41/h1-14,40-43,45-46H,(H2,34,35,44)(H,47,48,49)(H,50,51,52). The molecule has 60 heavy (non-hydrogen) atoms. The average Bonchev–Trinajstić information content (AvgIpc) is 3.19. The summed E-state index contributed by atoms with van der Waals surface area (Å²) in [7, 11) is -9.85. The minimum atomic E-state index is -5.12. The molecule has 0 aromatic heterocycles. The fraction of sp³-hybridized carbons (Fsp3) is 0. The van der Waals surface area contributed by atoms with Crippen molar-refractivity contribution < 1.29 is 80.4 Å². The molecule has 0 aliphatic carbocycles. The molecule has 23 nitrogen and oxygen atoms in total. The minimum Gasteiger partial charge on any atom is -0.506 e. The van der Waals surface area contributed by atoms with Crippen molar-refractivity contribution in [2.45, 2.75) is 19.6 Å². The molecule has 0 fully saturated rings. The summed E-state index contributed by atoms with van der Waals surface area (Å²) in [5.41, 5.74) is -1.34. The zero-order valence-corrected chi connectivity index (χ0v) is 32.5. The smallest absolute Gasteiger partial charge is 0.323 e. The van der Waals surface area contributed by atoms with Gasteiger partial charge in [-0.15, -0.1) is 29.1 Å². The number of hydrogen-bond acceptors (Lipinski definition) is 21. The van der Waals surface area contributed by atoms with E-state index in [0.717, 1.165) is 24.3 Å². The summed E-state index contributed by atoms with van der Waals surface area (Å²) in [5.74, 6) is -2.18. The molecule has 0 bridgehead atoms. The molecule has 0 atom stereocenters. The van der Waals surface area contributed by atoms with E-state index in [1.807, 2.05) is 0 Å². The summed E-state index contributed by atoms with van der Waals surface area (Å²) in [4.78, 5) is 11.8. The molecule has 6 aromatic carbocycles. The molecule has 10 N–H and O–H groups in total. The van der Waals surface area contributed by atoms with Crippen LogP contribution in [0.3, 0.4) is 0 Å². The minimum absolute atomic E-state index is 0.0200. The van der Waals surface area contributed by atoms with Crippen molar-refractivity contribution in [1.29, 1.82) is 0 Å². The van der Waals surface area contributed by atoms with E-state index in [9.17, 15) is 51.2 Å². The van der Waals surface area contributed by atoms with Gasteiger partial charge in [0.1, 0.15) is 39.1 Å². The number of rotatable bonds is 14. The summed E-state index contributed by atoms with van der Waals surface area (Å²) in [6.45, 7) is 0. The number of nitrogens with zero attached hydrogens (tertiary/aromatic N) is 4. The molecule has 6 aromatic rings. The number of hydrogen-bond donors (Lipinski definition) is 10. The Morgan fingerprint density at radius 2 is 1.12 bits per heavy atom. The maximum atomic E-state index is 13.1. The molecule has 312 valence electrons. The molecule has 0 heterocycles. The van der Waals surface area contributed by atoms with Crippen LogP contribution in [0.5, 0.6) is 23.0 Å². The normalized spacial score (nSPS) is 12.2. The SMILES string of the molecule is O=C(Nc1ccc2c(O)c(N=Nc3cc(SOOO)ccc3O)c(SOOO)cc2c1)Nc1ccc2c(O)c(N=Nc3cc(S(=O)(=O)O)ccc3O)c(S(=O)(=O)O)cc2c1. The van der Waals surface area contributed by atoms with Gasteiger partial charge in [0.05, 0.1) is 33.9 Å². The first-order chi connectivity index (χ1) is 28.5. The van der Waals surface area contributed by atoms with E-state index in [1.165, 1.54) is 60.7 Å². The summed E-state index contributed by atoms with van der Waals surface area (Å²) in [6, 6.07) is 16.1. The Balaban J connectivity index is 1.26. The van der Waals surface area contributed by atoms with Crippen molar-refractivity contribution in [1.82, 2.24) is 0 Å². The first-order valence-electron chi connectivity index (χ1n) is 15.9. The van der Waals surface area contributed by atoms with Crippen molar-refractivity contribution in [2.24, 2.45) is 20.5 Å². The molecule has 0 saturated heterocycles. The number of phenolic OH excluding ortho intramolecular Hbond substituents is 4. The highest BCUT2D eigenvalue weighted by Gasteiger charge is 2.23. The van der Waals surface area contributed by atoms with E-state index in [0.29, 0.717) is 34.4 Å². The van der Waals surface area contributed by atoms with Crippen LogP contribution in [0.1, 0.15) is 0 Å². The highest BCUT2D eigenvalue weighted by atomic mass is 32.2. The van der Waals surface area contributed by atoms with Crippen LogP contribution in [-0.2, 0) is 39.0 Å². The van der Waals surface area contributed by atoms with Crippen LogP contribution in [0, 0.1) is 0 Å². The molecule has 2 amide bonds. The number of aromatic hydroxyl groups is 4. The first kappa shape index (κ1) is 43.4. The maximum Gasteiger partial charge on any atom is 0.323 e. The number of fused-ring (bicyclic) bond motifs is 2. The number of anilines is 2. The molecule has 0 aliphatic rings. The lowest BCUT2D eigenvalue weighted by Crippen LogP contribution is -2.19. The largest absolute Gasteiger partial charge is 0.506 e. The van der Waals surface area contributed by atoms with Gasteiger partial charge in [0.15, 0.2) is 11.5 Å². The van der Waals surface area contributed by atoms with Gasteiger partial charge in [-0.2, -0.15) is 16.8 Å². The van der Waals surface area contributed by atoms with Gasteiger partial charge >= 0.3 is 6.03 Å². The first-order valence-corrected chi connectivity index (χ1v) is 20.2. The Hall–Kier alpha value is -6.21. The Kier molecular flexibility index (Phi) is 13.0. The molecular weight excluding hydrogens is 881 g/mol. The van der Waals surface area contributed by atoms with Gasteiger partial charge in [-0.25, -0.2) is 15.3 Å². The highest BCUT2D eigenvalue weighted by molar-refractivity contribution is 7.95. The van der Waals surface area contributed by atoms with E-state index in [2.05, 4.69) is 49.8 Å².